The van der Waals surface area contributed by atoms with Gasteiger partial charge >= 0.3 is 5.97 Å². The first-order valence-corrected chi connectivity index (χ1v) is 6.14. The molecule has 1 aromatic heterocycles. The minimum absolute atomic E-state index is 0.209. The van der Waals surface area contributed by atoms with E-state index in [9.17, 15) is 4.79 Å². The molecule has 5 nitrogen and oxygen atoms in total. The average molecular weight is 252 g/mol. The SMILES string of the molecule is CCN(CC)CCOc1cc(C(=O)O)cc(C)n1. The molecule has 0 radical (unpaired) electrons. The van der Waals surface area contributed by atoms with Crippen molar-refractivity contribution in [3.8, 4) is 5.88 Å². The van der Waals surface area contributed by atoms with Crippen molar-refractivity contribution >= 4 is 5.97 Å². The minimum Gasteiger partial charge on any atom is -0.478 e. The number of likely N-dealkylation sites (N-methyl/N-ethyl adjacent to an activating group) is 1. The third kappa shape index (κ3) is 4.33. The number of aryl methyl sites for hydroxylation is 1. The van der Waals surface area contributed by atoms with E-state index < -0.39 is 5.97 Å². The van der Waals surface area contributed by atoms with Crippen LogP contribution in [0.15, 0.2) is 12.1 Å². The number of carboxylic acid groups (broad SMARTS) is 1. The van der Waals surface area contributed by atoms with Crippen LogP contribution in [0.5, 0.6) is 5.88 Å². The number of carboxylic acids is 1. The number of pyridine rings is 1. The van der Waals surface area contributed by atoms with Gasteiger partial charge in [-0.05, 0) is 26.1 Å². The smallest absolute Gasteiger partial charge is 0.335 e. The van der Waals surface area contributed by atoms with Crippen molar-refractivity contribution in [1.29, 1.82) is 0 Å². The van der Waals surface area contributed by atoms with Gasteiger partial charge in [0.25, 0.3) is 0 Å². The van der Waals surface area contributed by atoms with Crippen LogP contribution in [-0.2, 0) is 0 Å². The lowest BCUT2D eigenvalue weighted by atomic mass is 10.2. The van der Waals surface area contributed by atoms with Crippen molar-refractivity contribution in [3.05, 3.63) is 23.4 Å². The van der Waals surface area contributed by atoms with Crippen molar-refractivity contribution in [3.63, 3.8) is 0 Å². The summed E-state index contributed by atoms with van der Waals surface area (Å²) in [6, 6.07) is 2.98. The topological polar surface area (TPSA) is 62.7 Å². The Morgan fingerprint density at radius 1 is 1.39 bits per heavy atom. The Balaban J connectivity index is 2.59. The van der Waals surface area contributed by atoms with Crippen LogP contribution in [0.3, 0.4) is 0 Å². The molecule has 0 saturated heterocycles. The summed E-state index contributed by atoms with van der Waals surface area (Å²) in [6.45, 7) is 9.21. The van der Waals surface area contributed by atoms with E-state index in [-0.39, 0.29) is 5.56 Å². The fraction of sp³-hybridized carbons (Fsp3) is 0.538. The van der Waals surface area contributed by atoms with E-state index in [2.05, 4.69) is 23.7 Å². The number of hydrogen-bond donors (Lipinski definition) is 1. The lowest BCUT2D eigenvalue weighted by molar-refractivity contribution is 0.0696. The van der Waals surface area contributed by atoms with Gasteiger partial charge in [0.05, 0.1) is 5.56 Å². The summed E-state index contributed by atoms with van der Waals surface area (Å²) in [6.07, 6.45) is 0. The second-order valence-corrected chi connectivity index (χ2v) is 4.02. The summed E-state index contributed by atoms with van der Waals surface area (Å²) in [7, 11) is 0. The first-order chi connectivity index (χ1) is 8.56. The van der Waals surface area contributed by atoms with Gasteiger partial charge in [0, 0.05) is 18.3 Å². The Morgan fingerprint density at radius 3 is 2.61 bits per heavy atom. The van der Waals surface area contributed by atoms with E-state index in [4.69, 9.17) is 9.84 Å². The van der Waals surface area contributed by atoms with Gasteiger partial charge in [0.15, 0.2) is 0 Å². The van der Waals surface area contributed by atoms with Crippen LogP contribution in [0.1, 0.15) is 29.9 Å². The molecular formula is C13H20N2O3. The molecule has 0 aliphatic rings. The largest absolute Gasteiger partial charge is 0.478 e. The molecule has 0 spiro atoms. The Kier molecular flexibility index (Phi) is 5.58. The highest BCUT2D eigenvalue weighted by atomic mass is 16.5. The van der Waals surface area contributed by atoms with E-state index in [1.165, 1.54) is 12.1 Å². The molecule has 0 fully saturated rings. The Labute approximate surface area is 107 Å². The van der Waals surface area contributed by atoms with Gasteiger partial charge in [-0.3, -0.25) is 0 Å². The molecule has 0 aromatic carbocycles. The zero-order valence-electron chi connectivity index (χ0n) is 11.1. The predicted molar refractivity (Wildman–Crippen MR) is 69.2 cm³/mol. The fourth-order valence-corrected chi connectivity index (χ4v) is 1.65. The first kappa shape index (κ1) is 14.4. The highest BCUT2D eigenvalue weighted by Crippen LogP contribution is 2.12. The minimum atomic E-state index is -0.964. The molecule has 1 N–H and O–H groups in total. The summed E-state index contributed by atoms with van der Waals surface area (Å²) in [5.74, 6) is -0.589. The number of hydrogen-bond acceptors (Lipinski definition) is 4. The van der Waals surface area contributed by atoms with Crippen LogP contribution in [0.25, 0.3) is 0 Å². The zero-order chi connectivity index (χ0) is 13.5. The monoisotopic (exact) mass is 252 g/mol. The van der Waals surface area contributed by atoms with Gasteiger partial charge in [0.1, 0.15) is 6.61 Å². The van der Waals surface area contributed by atoms with Crippen molar-refractivity contribution in [2.24, 2.45) is 0 Å². The maximum absolute atomic E-state index is 10.9. The molecule has 0 aliphatic carbocycles. The lowest BCUT2D eigenvalue weighted by Gasteiger charge is -2.17. The molecule has 18 heavy (non-hydrogen) atoms. The van der Waals surface area contributed by atoms with Gasteiger partial charge in [-0.2, -0.15) is 0 Å². The summed E-state index contributed by atoms with van der Waals surface area (Å²) in [4.78, 5) is 17.3. The molecule has 1 aromatic rings. The molecule has 5 heteroatoms. The van der Waals surface area contributed by atoms with Gasteiger partial charge in [-0.1, -0.05) is 13.8 Å². The van der Waals surface area contributed by atoms with Crippen LogP contribution in [0.4, 0.5) is 0 Å². The predicted octanol–water partition coefficient (Wildman–Crippen LogP) is 1.81. The number of rotatable bonds is 7. The molecule has 0 saturated carbocycles. The molecule has 0 unspecified atom stereocenters. The van der Waals surface area contributed by atoms with Crippen molar-refractivity contribution in [2.75, 3.05) is 26.2 Å². The second kappa shape index (κ2) is 6.96. The molecule has 100 valence electrons. The molecule has 0 bridgehead atoms. The summed E-state index contributed by atoms with van der Waals surface area (Å²) >= 11 is 0. The Hall–Kier alpha value is -1.62. The van der Waals surface area contributed by atoms with Crippen molar-refractivity contribution in [2.45, 2.75) is 20.8 Å². The Morgan fingerprint density at radius 2 is 2.06 bits per heavy atom. The van der Waals surface area contributed by atoms with Crippen LogP contribution in [-0.4, -0.2) is 47.2 Å². The van der Waals surface area contributed by atoms with E-state index in [1.54, 1.807) is 6.92 Å². The van der Waals surface area contributed by atoms with Gasteiger partial charge in [-0.15, -0.1) is 0 Å². The highest BCUT2D eigenvalue weighted by Gasteiger charge is 2.07. The van der Waals surface area contributed by atoms with Crippen LogP contribution >= 0.6 is 0 Å². The van der Waals surface area contributed by atoms with Gasteiger partial charge in [0.2, 0.25) is 5.88 Å². The molecule has 1 rings (SSSR count). The van der Waals surface area contributed by atoms with E-state index in [0.717, 1.165) is 19.6 Å². The first-order valence-electron chi connectivity index (χ1n) is 6.14. The molecular weight excluding hydrogens is 232 g/mol. The molecule has 1 heterocycles. The highest BCUT2D eigenvalue weighted by molar-refractivity contribution is 5.87. The van der Waals surface area contributed by atoms with Crippen LogP contribution < -0.4 is 4.74 Å². The number of nitrogens with zero attached hydrogens (tertiary/aromatic N) is 2. The van der Waals surface area contributed by atoms with Crippen molar-refractivity contribution in [1.82, 2.24) is 9.88 Å². The normalized spacial score (nSPS) is 10.7. The summed E-state index contributed by atoms with van der Waals surface area (Å²) < 4.78 is 5.50. The molecule has 0 atom stereocenters. The second-order valence-electron chi connectivity index (χ2n) is 4.02. The average Bonchev–Trinajstić information content (AvgIpc) is 2.34. The number of aromatic nitrogens is 1. The van der Waals surface area contributed by atoms with E-state index >= 15 is 0 Å². The Bertz CT molecular complexity index is 403. The fourth-order valence-electron chi connectivity index (χ4n) is 1.65. The van der Waals surface area contributed by atoms with Crippen LogP contribution in [0.2, 0.25) is 0 Å². The third-order valence-electron chi connectivity index (χ3n) is 2.73. The van der Waals surface area contributed by atoms with Gasteiger partial charge in [-0.25, -0.2) is 9.78 Å². The molecule has 0 aliphatic heterocycles. The summed E-state index contributed by atoms with van der Waals surface area (Å²) in [5, 5.41) is 8.93. The maximum atomic E-state index is 10.9. The standard InChI is InChI=1S/C13H20N2O3/c1-4-15(5-2)6-7-18-12-9-11(13(16)17)8-10(3)14-12/h8-9H,4-7H2,1-3H3,(H,16,17). The maximum Gasteiger partial charge on any atom is 0.335 e. The third-order valence-corrected chi connectivity index (χ3v) is 2.73. The quantitative estimate of drug-likeness (QED) is 0.801. The zero-order valence-corrected chi connectivity index (χ0v) is 11.1. The van der Waals surface area contributed by atoms with Crippen molar-refractivity contribution < 1.29 is 14.6 Å². The van der Waals surface area contributed by atoms with Gasteiger partial charge < -0.3 is 14.7 Å². The lowest BCUT2D eigenvalue weighted by Crippen LogP contribution is -2.28. The number of carbonyl (C=O) groups is 1. The summed E-state index contributed by atoms with van der Waals surface area (Å²) in [5.41, 5.74) is 0.855. The van der Waals surface area contributed by atoms with E-state index in [0.29, 0.717) is 18.2 Å². The van der Waals surface area contributed by atoms with E-state index in [1.807, 2.05) is 0 Å². The number of ether oxygens (including phenoxy) is 1. The molecule has 0 amide bonds. The number of aromatic carboxylic acids is 1. The van der Waals surface area contributed by atoms with Crippen LogP contribution in [0, 0.1) is 6.92 Å².